The molecule has 0 atom stereocenters. The topological polar surface area (TPSA) is 0 Å². The van der Waals surface area contributed by atoms with Gasteiger partial charge >= 0.3 is 0 Å². The average molecular weight is 180 g/mol. The monoisotopic (exact) mass is 180 g/mol. The first kappa shape index (κ1) is 12.5. The van der Waals surface area contributed by atoms with E-state index in [-0.39, 0.29) is 0 Å². The number of hydrogen-bond donors (Lipinski definition) is 0. The molecule has 1 fully saturated rings. The maximum atomic E-state index is 2.38. The van der Waals surface area contributed by atoms with Gasteiger partial charge in [0.25, 0.3) is 0 Å². The molecular weight excluding hydrogens is 156 g/mol. The molecule has 0 spiro atoms. The first-order valence-corrected chi connectivity index (χ1v) is 5.73. The molecule has 13 heavy (non-hydrogen) atoms. The highest BCUT2D eigenvalue weighted by Gasteiger charge is 2.08. The van der Waals surface area contributed by atoms with E-state index in [1.54, 1.807) is 11.1 Å². The van der Waals surface area contributed by atoms with Crippen LogP contribution in [-0.2, 0) is 0 Å². The van der Waals surface area contributed by atoms with Crippen LogP contribution in [0.3, 0.4) is 0 Å². The van der Waals surface area contributed by atoms with Gasteiger partial charge < -0.3 is 0 Å². The summed E-state index contributed by atoms with van der Waals surface area (Å²) in [6.45, 7) is 8.37. The SMILES string of the molecule is C/C=C1/CCCC/C1=C/CC.CC. The van der Waals surface area contributed by atoms with Crippen molar-refractivity contribution in [3.8, 4) is 0 Å². The minimum absolute atomic E-state index is 1.19. The Balaban J connectivity index is 0.000000671. The van der Waals surface area contributed by atoms with E-state index in [9.17, 15) is 0 Å². The van der Waals surface area contributed by atoms with Gasteiger partial charge in [0.1, 0.15) is 0 Å². The molecule has 0 radical (unpaired) electrons. The molecule has 1 aliphatic rings. The summed E-state index contributed by atoms with van der Waals surface area (Å²) in [5, 5.41) is 0. The van der Waals surface area contributed by atoms with E-state index < -0.39 is 0 Å². The first-order chi connectivity index (χ1) is 6.38. The molecule has 76 valence electrons. The number of hydrogen-bond acceptors (Lipinski definition) is 0. The lowest BCUT2D eigenvalue weighted by atomic mass is 9.89. The molecule has 0 aliphatic heterocycles. The van der Waals surface area contributed by atoms with Gasteiger partial charge in [0, 0.05) is 0 Å². The second-order valence-electron chi connectivity index (χ2n) is 3.16. The van der Waals surface area contributed by atoms with E-state index in [0.717, 1.165) is 0 Å². The fraction of sp³-hybridized carbons (Fsp3) is 0.692. The molecule has 0 heterocycles. The Bertz CT molecular complexity index is 172. The molecule has 0 saturated heterocycles. The van der Waals surface area contributed by atoms with Crippen molar-refractivity contribution in [2.24, 2.45) is 0 Å². The maximum absolute atomic E-state index is 2.38. The zero-order chi connectivity index (χ0) is 10.1. The van der Waals surface area contributed by atoms with Gasteiger partial charge in [0.2, 0.25) is 0 Å². The van der Waals surface area contributed by atoms with Crippen LogP contribution in [0.5, 0.6) is 0 Å². The van der Waals surface area contributed by atoms with Gasteiger partial charge in [-0.2, -0.15) is 0 Å². The Kier molecular flexibility index (Phi) is 7.77. The van der Waals surface area contributed by atoms with E-state index in [0.29, 0.717) is 0 Å². The Hall–Kier alpha value is -0.520. The number of rotatable bonds is 1. The van der Waals surface area contributed by atoms with Crippen molar-refractivity contribution < 1.29 is 0 Å². The summed E-state index contributed by atoms with van der Waals surface area (Å²) in [6, 6.07) is 0. The van der Waals surface area contributed by atoms with Gasteiger partial charge in [0.15, 0.2) is 0 Å². The fourth-order valence-corrected chi connectivity index (χ4v) is 1.76. The van der Waals surface area contributed by atoms with Crippen LogP contribution >= 0.6 is 0 Å². The second-order valence-corrected chi connectivity index (χ2v) is 3.16. The van der Waals surface area contributed by atoms with Gasteiger partial charge in [-0.25, -0.2) is 0 Å². The molecule has 0 heteroatoms. The summed E-state index contributed by atoms with van der Waals surface area (Å²) in [6.07, 6.45) is 11.3. The van der Waals surface area contributed by atoms with Crippen molar-refractivity contribution in [3.63, 3.8) is 0 Å². The van der Waals surface area contributed by atoms with Crippen molar-refractivity contribution in [2.45, 2.75) is 59.8 Å². The van der Waals surface area contributed by atoms with Gasteiger partial charge in [-0.3, -0.25) is 0 Å². The minimum atomic E-state index is 1.19. The van der Waals surface area contributed by atoms with Crippen molar-refractivity contribution in [1.29, 1.82) is 0 Å². The van der Waals surface area contributed by atoms with Crippen LogP contribution < -0.4 is 0 Å². The third-order valence-electron chi connectivity index (χ3n) is 2.35. The molecule has 1 aliphatic carbocycles. The number of allylic oxidation sites excluding steroid dienone is 4. The lowest BCUT2D eigenvalue weighted by Crippen LogP contribution is -1.97. The Morgan fingerprint density at radius 1 is 1.08 bits per heavy atom. The lowest BCUT2D eigenvalue weighted by molar-refractivity contribution is 0.675. The average Bonchev–Trinajstić information content (AvgIpc) is 2.22. The molecule has 0 unspecified atom stereocenters. The van der Waals surface area contributed by atoms with E-state index in [2.05, 4.69) is 26.0 Å². The van der Waals surface area contributed by atoms with Crippen LogP contribution in [0.25, 0.3) is 0 Å². The van der Waals surface area contributed by atoms with Crippen LogP contribution in [0, 0.1) is 0 Å². The summed E-state index contributed by atoms with van der Waals surface area (Å²) in [5.74, 6) is 0. The van der Waals surface area contributed by atoms with E-state index in [1.807, 2.05) is 13.8 Å². The second kappa shape index (κ2) is 8.10. The molecule has 0 amide bonds. The summed E-state index contributed by atoms with van der Waals surface area (Å²) in [7, 11) is 0. The summed E-state index contributed by atoms with van der Waals surface area (Å²) >= 11 is 0. The standard InChI is InChI=1S/C11H18.C2H6/c1-3-7-11-9-6-5-8-10(11)4-2;1-2/h4,7H,3,5-6,8-9H2,1-2H3;1-2H3/b10-4-,11-7-;. The summed E-state index contributed by atoms with van der Waals surface area (Å²) in [4.78, 5) is 0. The molecule has 0 aromatic heterocycles. The molecular formula is C13H24. The minimum Gasteiger partial charge on any atom is -0.0842 e. The normalized spacial score (nSPS) is 22.8. The molecule has 1 saturated carbocycles. The lowest BCUT2D eigenvalue weighted by Gasteiger charge is -2.17. The van der Waals surface area contributed by atoms with Gasteiger partial charge in [-0.05, 0) is 50.2 Å². The zero-order valence-corrected chi connectivity index (χ0v) is 9.69. The summed E-state index contributed by atoms with van der Waals surface area (Å²) in [5.41, 5.74) is 3.21. The zero-order valence-electron chi connectivity index (χ0n) is 9.69. The van der Waals surface area contributed by atoms with Crippen molar-refractivity contribution >= 4 is 0 Å². The van der Waals surface area contributed by atoms with Gasteiger partial charge in [-0.1, -0.05) is 32.9 Å². The highest BCUT2D eigenvalue weighted by molar-refractivity contribution is 5.31. The van der Waals surface area contributed by atoms with Crippen LogP contribution in [0.1, 0.15) is 59.8 Å². The third-order valence-corrected chi connectivity index (χ3v) is 2.35. The highest BCUT2D eigenvalue weighted by Crippen LogP contribution is 2.28. The van der Waals surface area contributed by atoms with E-state index in [4.69, 9.17) is 0 Å². The van der Waals surface area contributed by atoms with Crippen LogP contribution in [0.15, 0.2) is 23.3 Å². The Labute approximate surface area is 83.7 Å². The van der Waals surface area contributed by atoms with Gasteiger partial charge in [0.05, 0.1) is 0 Å². The van der Waals surface area contributed by atoms with Crippen LogP contribution in [-0.4, -0.2) is 0 Å². The molecule has 0 aromatic carbocycles. The van der Waals surface area contributed by atoms with Crippen molar-refractivity contribution in [3.05, 3.63) is 23.3 Å². The Morgan fingerprint density at radius 2 is 1.62 bits per heavy atom. The van der Waals surface area contributed by atoms with Gasteiger partial charge in [-0.15, -0.1) is 0 Å². The van der Waals surface area contributed by atoms with E-state index in [1.165, 1.54) is 32.1 Å². The fourth-order valence-electron chi connectivity index (χ4n) is 1.76. The third kappa shape index (κ3) is 4.31. The van der Waals surface area contributed by atoms with E-state index >= 15 is 0 Å². The summed E-state index contributed by atoms with van der Waals surface area (Å²) < 4.78 is 0. The molecule has 0 N–H and O–H groups in total. The maximum Gasteiger partial charge on any atom is -0.0279 e. The Morgan fingerprint density at radius 3 is 2.08 bits per heavy atom. The van der Waals surface area contributed by atoms with Crippen molar-refractivity contribution in [2.75, 3.05) is 0 Å². The predicted molar refractivity (Wildman–Crippen MR) is 61.9 cm³/mol. The smallest absolute Gasteiger partial charge is 0.0279 e. The van der Waals surface area contributed by atoms with Crippen molar-refractivity contribution in [1.82, 2.24) is 0 Å². The predicted octanol–water partition coefficient (Wildman–Crippen LogP) is 4.87. The molecule has 1 rings (SSSR count). The highest BCUT2D eigenvalue weighted by atomic mass is 14.1. The van der Waals surface area contributed by atoms with Crippen LogP contribution in [0.4, 0.5) is 0 Å². The van der Waals surface area contributed by atoms with Crippen LogP contribution in [0.2, 0.25) is 0 Å². The molecule has 0 aromatic rings. The quantitative estimate of drug-likeness (QED) is 0.540. The molecule has 0 bridgehead atoms. The largest absolute Gasteiger partial charge is 0.0842 e. The molecule has 0 nitrogen and oxygen atoms in total. The first-order valence-electron chi connectivity index (χ1n) is 5.73.